The fourth-order valence-corrected chi connectivity index (χ4v) is 0.703. The molecule has 1 aromatic rings. The van der Waals surface area contributed by atoms with E-state index in [-0.39, 0.29) is 24.8 Å². The molecule has 0 amide bonds. The average Bonchev–Trinajstić information content (AvgIpc) is 1.98. The first-order chi connectivity index (χ1) is 3.72. The Morgan fingerprint density at radius 1 is 1.60 bits per heavy atom. The fraction of sp³-hybridized carbons (Fsp3) is 0.250. The minimum atomic E-state index is 0. The molecule has 10 heavy (non-hydrogen) atoms. The number of aryl methyl sites for hydroxylation is 1. The van der Waals surface area contributed by atoms with Crippen molar-refractivity contribution in [2.45, 2.75) is 0 Å². The van der Waals surface area contributed by atoms with E-state index in [1.54, 1.807) is 10.9 Å². The van der Waals surface area contributed by atoms with Gasteiger partial charge in [-0.15, -0.1) is 24.8 Å². The topological polar surface area (TPSA) is 43.8 Å². The van der Waals surface area contributed by atoms with Crippen molar-refractivity contribution in [2.75, 3.05) is 5.73 Å². The summed E-state index contributed by atoms with van der Waals surface area (Å²) >= 11 is 2.14. The molecule has 0 aliphatic heterocycles. The molecule has 0 atom stereocenters. The van der Waals surface area contributed by atoms with Crippen LogP contribution >= 0.6 is 47.4 Å². The van der Waals surface area contributed by atoms with Crippen molar-refractivity contribution in [1.29, 1.82) is 0 Å². The van der Waals surface area contributed by atoms with E-state index in [1.165, 1.54) is 0 Å². The summed E-state index contributed by atoms with van der Waals surface area (Å²) in [6.07, 6.45) is 1.64. The van der Waals surface area contributed by atoms with Crippen LogP contribution in [0.3, 0.4) is 0 Å². The summed E-state index contributed by atoms with van der Waals surface area (Å²) in [7, 11) is 1.86. The number of anilines is 1. The molecule has 0 fully saturated rings. The average molecular weight is 296 g/mol. The molecule has 6 heteroatoms. The van der Waals surface area contributed by atoms with Crippen molar-refractivity contribution in [1.82, 2.24) is 9.78 Å². The molecule has 1 heterocycles. The van der Waals surface area contributed by atoms with Gasteiger partial charge in [0, 0.05) is 7.05 Å². The van der Waals surface area contributed by atoms with Crippen LogP contribution in [0.4, 0.5) is 5.69 Å². The molecule has 60 valence electrons. The SMILES string of the molecule is Cl.Cl.Cn1ncc(N)c1I. The number of rotatable bonds is 0. The highest BCUT2D eigenvalue weighted by molar-refractivity contribution is 14.1. The zero-order valence-electron chi connectivity index (χ0n) is 5.24. The third kappa shape index (κ3) is 2.51. The standard InChI is InChI=1S/C4H6IN3.2ClH/c1-8-4(5)3(6)2-7-8;;/h2H,6H2,1H3;2*1H. The van der Waals surface area contributed by atoms with Crippen LogP contribution in [0.1, 0.15) is 0 Å². The van der Waals surface area contributed by atoms with Crippen LogP contribution < -0.4 is 5.73 Å². The predicted octanol–water partition coefficient (Wildman–Crippen LogP) is 1.45. The molecule has 0 spiro atoms. The molecule has 0 aliphatic carbocycles. The number of nitrogen functional groups attached to an aromatic ring is 1. The van der Waals surface area contributed by atoms with Crippen molar-refractivity contribution in [3.05, 3.63) is 9.90 Å². The first-order valence-corrected chi connectivity index (χ1v) is 3.22. The highest BCUT2D eigenvalue weighted by Crippen LogP contribution is 2.10. The second kappa shape index (κ2) is 5.03. The van der Waals surface area contributed by atoms with E-state index < -0.39 is 0 Å². The van der Waals surface area contributed by atoms with E-state index in [0.29, 0.717) is 0 Å². The van der Waals surface area contributed by atoms with Crippen molar-refractivity contribution < 1.29 is 0 Å². The van der Waals surface area contributed by atoms with Gasteiger partial charge in [-0.25, -0.2) is 0 Å². The molecule has 0 unspecified atom stereocenters. The molecule has 1 rings (SSSR count). The normalized spacial score (nSPS) is 7.80. The van der Waals surface area contributed by atoms with E-state index in [1.807, 2.05) is 7.05 Å². The molecule has 3 nitrogen and oxygen atoms in total. The molecule has 2 N–H and O–H groups in total. The van der Waals surface area contributed by atoms with Crippen LogP contribution in [0.25, 0.3) is 0 Å². The monoisotopic (exact) mass is 295 g/mol. The second-order valence-corrected chi connectivity index (χ2v) is 2.54. The number of nitrogens with zero attached hydrogens (tertiary/aromatic N) is 2. The maximum absolute atomic E-state index is 5.45. The van der Waals surface area contributed by atoms with Crippen molar-refractivity contribution in [3.8, 4) is 0 Å². The smallest absolute Gasteiger partial charge is 0.121 e. The predicted molar refractivity (Wildman–Crippen MR) is 54.8 cm³/mol. The van der Waals surface area contributed by atoms with Gasteiger partial charge in [-0.1, -0.05) is 0 Å². The highest BCUT2D eigenvalue weighted by atomic mass is 127. The molecule has 0 aromatic carbocycles. The zero-order chi connectivity index (χ0) is 6.15. The summed E-state index contributed by atoms with van der Waals surface area (Å²) < 4.78 is 2.72. The van der Waals surface area contributed by atoms with Gasteiger partial charge in [0.25, 0.3) is 0 Å². The Bertz CT molecular complexity index is 181. The van der Waals surface area contributed by atoms with Gasteiger partial charge in [-0.2, -0.15) is 5.10 Å². The van der Waals surface area contributed by atoms with E-state index in [2.05, 4.69) is 27.7 Å². The van der Waals surface area contributed by atoms with Gasteiger partial charge in [0.2, 0.25) is 0 Å². The summed E-state index contributed by atoms with van der Waals surface area (Å²) in [5.74, 6) is 0. The summed E-state index contributed by atoms with van der Waals surface area (Å²) in [6, 6.07) is 0. The van der Waals surface area contributed by atoms with Crippen LogP contribution in [0.5, 0.6) is 0 Å². The Morgan fingerprint density at radius 2 is 2.10 bits per heavy atom. The lowest BCUT2D eigenvalue weighted by atomic mass is 10.6. The minimum Gasteiger partial charge on any atom is -0.395 e. The number of halogens is 3. The van der Waals surface area contributed by atoms with E-state index in [0.717, 1.165) is 9.39 Å². The first kappa shape index (κ1) is 12.9. The first-order valence-electron chi connectivity index (χ1n) is 2.15. The van der Waals surface area contributed by atoms with Gasteiger partial charge < -0.3 is 5.73 Å². The molecule has 0 saturated carbocycles. The summed E-state index contributed by atoms with van der Waals surface area (Å²) in [6.45, 7) is 0. The minimum absolute atomic E-state index is 0. The third-order valence-electron chi connectivity index (χ3n) is 0.892. The molecule has 1 aromatic heterocycles. The maximum Gasteiger partial charge on any atom is 0.121 e. The van der Waals surface area contributed by atoms with Crippen LogP contribution in [0, 0.1) is 3.70 Å². The molecular formula is C4H8Cl2IN3. The lowest BCUT2D eigenvalue weighted by Gasteiger charge is -1.88. The molecular weight excluding hydrogens is 288 g/mol. The van der Waals surface area contributed by atoms with Crippen molar-refractivity contribution in [2.24, 2.45) is 7.05 Å². The van der Waals surface area contributed by atoms with Gasteiger partial charge >= 0.3 is 0 Å². The summed E-state index contributed by atoms with van der Waals surface area (Å²) in [5.41, 5.74) is 6.19. The molecule has 0 bridgehead atoms. The highest BCUT2D eigenvalue weighted by Gasteiger charge is 1.96. The largest absolute Gasteiger partial charge is 0.395 e. The van der Waals surface area contributed by atoms with Crippen LogP contribution in [-0.2, 0) is 7.05 Å². The summed E-state index contributed by atoms with van der Waals surface area (Å²) in [4.78, 5) is 0. The van der Waals surface area contributed by atoms with Gasteiger partial charge in [-0.3, -0.25) is 4.68 Å². The van der Waals surface area contributed by atoms with Crippen LogP contribution in [0.15, 0.2) is 6.20 Å². The zero-order valence-corrected chi connectivity index (χ0v) is 9.03. The molecule has 0 saturated heterocycles. The van der Waals surface area contributed by atoms with E-state index >= 15 is 0 Å². The number of nitrogens with two attached hydrogens (primary N) is 1. The third-order valence-corrected chi connectivity index (χ3v) is 2.21. The van der Waals surface area contributed by atoms with Gasteiger partial charge in [0.15, 0.2) is 0 Å². The number of aromatic nitrogens is 2. The van der Waals surface area contributed by atoms with E-state index in [4.69, 9.17) is 5.73 Å². The number of hydrogen-bond donors (Lipinski definition) is 1. The van der Waals surface area contributed by atoms with E-state index in [9.17, 15) is 0 Å². The number of hydrogen-bond acceptors (Lipinski definition) is 2. The van der Waals surface area contributed by atoms with Crippen molar-refractivity contribution >= 4 is 53.1 Å². The Kier molecular flexibility index (Phi) is 6.52. The van der Waals surface area contributed by atoms with Crippen molar-refractivity contribution in [3.63, 3.8) is 0 Å². The quantitative estimate of drug-likeness (QED) is 0.736. The van der Waals surface area contributed by atoms with Gasteiger partial charge in [-0.05, 0) is 22.6 Å². The van der Waals surface area contributed by atoms with Gasteiger partial charge in [0.1, 0.15) is 3.70 Å². The molecule has 0 radical (unpaired) electrons. The Morgan fingerprint density at radius 3 is 2.20 bits per heavy atom. The lowest BCUT2D eigenvalue weighted by molar-refractivity contribution is 0.748. The van der Waals surface area contributed by atoms with Crippen LogP contribution in [-0.4, -0.2) is 9.78 Å². The van der Waals surface area contributed by atoms with Crippen LogP contribution in [0.2, 0.25) is 0 Å². The second-order valence-electron chi connectivity index (χ2n) is 1.51. The Hall–Kier alpha value is 0.320. The Labute approximate surface area is 85.3 Å². The fourth-order valence-electron chi connectivity index (χ4n) is 0.440. The van der Waals surface area contributed by atoms with Gasteiger partial charge in [0.05, 0.1) is 11.9 Å². The Balaban J connectivity index is 0. The maximum atomic E-state index is 5.45. The molecule has 0 aliphatic rings. The summed E-state index contributed by atoms with van der Waals surface area (Å²) in [5, 5.41) is 3.90. The lowest BCUT2D eigenvalue weighted by Crippen LogP contribution is -1.93.